The Balaban J connectivity index is 1.46. The molecule has 0 aromatic heterocycles. The van der Waals surface area contributed by atoms with E-state index in [4.69, 9.17) is 5.73 Å². The first-order chi connectivity index (χ1) is 8.83. The predicted molar refractivity (Wildman–Crippen MR) is 74.2 cm³/mol. The van der Waals surface area contributed by atoms with Crippen LogP contribution in [0.3, 0.4) is 0 Å². The molecule has 0 spiro atoms. The van der Waals surface area contributed by atoms with E-state index < -0.39 is 0 Å². The van der Waals surface area contributed by atoms with Crippen LogP contribution in [0.2, 0.25) is 0 Å². The normalized spacial score (nSPS) is 51.2. The van der Waals surface area contributed by atoms with Crippen LogP contribution >= 0.6 is 0 Å². The topological polar surface area (TPSA) is 29.3 Å². The minimum absolute atomic E-state index is 0.889. The lowest BCUT2D eigenvalue weighted by atomic mass is 9.54. The second kappa shape index (κ2) is 4.49. The third kappa shape index (κ3) is 1.84. The number of rotatable bonds is 3. The number of hydrogen-bond acceptors (Lipinski definition) is 2. The molecule has 1 heterocycles. The Morgan fingerprint density at radius 1 is 0.944 bits per heavy atom. The molecule has 102 valence electrons. The van der Waals surface area contributed by atoms with Crippen LogP contribution in [0.4, 0.5) is 0 Å². The smallest absolute Gasteiger partial charge is 0.0152 e. The summed E-state index contributed by atoms with van der Waals surface area (Å²) in [5.74, 6) is 5.28. The minimum atomic E-state index is 0.889. The Hall–Kier alpha value is -0.0800. The van der Waals surface area contributed by atoms with Gasteiger partial charge in [-0.05, 0) is 87.6 Å². The molecule has 1 unspecified atom stereocenters. The van der Waals surface area contributed by atoms with Crippen LogP contribution < -0.4 is 5.73 Å². The van der Waals surface area contributed by atoms with Gasteiger partial charge in [0, 0.05) is 12.6 Å². The molecule has 2 nitrogen and oxygen atoms in total. The molecule has 2 N–H and O–H groups in total. The highest BCUT2D eigenvalue weighted by Crippen LogP contribution is 2.55. The van der Waals surface area contributed by atoms with Crippen molar-refractivity contribution in [2.45, 2.75) is 51.0 Å². The highest BCUT2D eigenvalue weighted by atomic mass is 15.2. The Bertz CT molecular complexity index is 286. The predicted octanol–water partition coefficient (Wildman–Crippen LogP) is 2.48. The van der Waals surface area contributed by atoms with Gasteiger partial charge in [0.1, 0.15) is 0 Å². The van der Waals surface area contributed by atoms with Gasteiger partial charge < -0.3 is 5.73 Å². The van der Waals surface area contributed by atoms with Gasteiger partial charge in [-0.2, -0.15) is 0 Å². The second-order valence-corrected chi connectivity index (χ2v) is 7.65. The number of nitrogens with two attached hydrogens (primary N) is 1. The Morgan fingerprint density at radius 2 is 1.61 bits per heavy atom. The van der Waals surface area contributed by atoms with Crippen molar-refractivity contribution in [3.63, 3.8) is 0 Å². The second-order valence-electron chi connectivity index (χ2n) is 7.65. The number of nitrogens with zero attached hydrogens (tertiary/aromatic N) is 1. The molecule has 2 heteroatoms. The number of likely N-dealkylation sites (tertiary alicyclic amines) is 1. The van der Waals surface area contributed by atoms with E-state index in [0.29, 0.717) is 0 Å². The van der Waals surface area contributed by atoms with E-state index in [1.807, 2.05) is 0 Å². The summed E-state index contributed by atoms with van der Waals surface area (Å²) in [5.41, 5.74) is 5.73. The zero-order chi connectivity index (χ0) is 12.1. The van der Waals surface area contributed by atoms with Crippen molar-refractivity contribution in [2.75, 3.05) is 19.6 Å². The zero-order valence-electron chi connectivity index (χ0n) is 11.6. The summed E-state index contributed by atoms with van der Waals surface area (Å²) in [5, 5.41) is 0. The fraction of sp³-hybridized carbons (Fsp3) is 1.00. The van der Waals surface area contributed by atoms with Crippen LogP contribution in [-0.4, -0.2) is 30.6 Å². The zero-order valence-corrected chi connectivity index (χ0v) is 11.6. The molecule has 5 rings (SSSR count). The molecule has 0 aromatic rings. The van der Waals surface area contributed by atoms with Crippen molar-refractivity contribution in [1.82, 2.24) is 4.90 Å². The van der Waals surface area contributed by atoms with E-state index >= 15 is 0 Å². The van der Waals surface area contributed by atoms with Crippen LogP contribution in [0.15, 0.2) is 0 Å². The van der Waals surface area contributed by atoms with Gasteiger partial charge in [0.15, 0.2) is 0 Å². The van der Waals surface area contributed by atoms with Crippen molar-refractivity contribution in [1.29, 1.82) is 0 Å². The summed E-state index contributed by atoms with van der Waals surface area (Å²) in [6.45, 7) is 3.63. The fourth-order valence-electron chi connectivity index (χ4n) is 6.10. The summed E-state index contributed by atoms with van der Waals surface area (Å²) < 4.78 is 0. The Morgan fingerprint density at radius 3 is 2.22 bits per heavy atom. The largest absolute Gasteiger partial charge is 0.330 e. The molecule has 0 amide bonds. The van der Waals surface area contributed by atoms with Crippen LogP contribution in [-0.2, 0) is 0 Å². The molecule has 5 fully saturated rings. The molecular weight excluding hydrogens is 220 g/mol. The van der Waals surface area contributed by atoms with Crippen LogP contribution in [0, 0.1) is 29.6 Å². The maximum Gasteiger partial charge on any atom is 0.0152 e. The van der Waals surface area contributed by atoms with Gasteiger partial charge in [-0.25, -0.2) is 0 Å². The van der Waals surface area contributed by atoms with Crippen molar-refractivity contribution >= 4 is 0 Å². The minimum Gasteiger partial charge on any atom is -0.330 e. The summed E-state index contributed by atoms with van der Waals surface area (Å²) in [6.07, 6.45) is 10.5. The van der Waals surface area contributed by atoms with Gasteiger partial charge >= 0.3 is 0 Å². The van der Waals surface area contributed by atoms with Gasteiger partial charge in [0.05, 0.1) is 0 Å². The van der Waals surface area contributed by atoms with Gasteiger partial charge in [-0.15, -0.1) is 0 Å². The van der Waals surface area contributed by atoms with Gasteiger partial charge in [-0.3, -0.25) is 4.90 Å². The van der Waals surface area contributed by atoms with Crippen molar-refractivity contribution < 1.29 is 0 Å². The van der Waals surface area contributed by atoms with Crippen molar-refractivity contribution in [3.8, 4) is 0 Å². The van der Waals surface area contributed by atoms with E-state index in [1.54, 1.807) is 32.1 Å². The fourth-order valence-corrected chi connectivity index (χ4v) is 6.10. The molecule has 1 atom stereocenters. The third-order valence-electron chi connectivity index (χ3n) is 6.49. The lowest BCUT2D eigenvalue weighted by Crippen LogP contribution is -2.55. The summed E-state index contributed by atoms with van der Waals surface area (Å²) in [6, 6.07) is 0.973. The van der Waals surface area contributed by atoms with Crippen LogP contribution in [0.5, 0.6) is 0 Å². The molecule has 4 aliphatic carbocycles. The molecule has 1 aliphatic heterocycles. The number of hydrogen-bond donors (Lipinski definition) is 1. The highest BCUT2D eigenvalue weighted by molar-refractivity contribution is 5.03. The maximum atomic E-state index is 5.73. The molecule has 4 saturated carbocycles. The van der Waals surface area contributed by atoms with Crippen molar-refractivity contribution in [3.05, 3.63) is 0 Å². The highest BCUT2D eigenvalue weighted by Gasteiger charge is 2.50. The first kappa shape index (κ1) is 11.7. The van der Waals surface area contributed by atoms with E-state index in [-0.39, 0.29) is 0 Å². The third-order valence-corrected chi connectivity index (χ3v) is 6.49. The lowest BCUT2D eigenvalue weighted by molar-refractivity contribution is -0.0593. The SMILES string of the molecule is NCCC1CCN(C2C3CC4CC(C3)CC2C4)C1. The van der Waals surface area contributed by atoms with Crippen molar-refractivity contribution in [2.24, 2.45) is 35.3 Å². The van der Waals surface area contributed by atoms with E-state index in [0.717, 1.165) is 42.2 Å². The average Bonchev–Trinajstić information content (AvgIpc) is 2.76. The quantitative estimate of drug-likeness (QED) is 0.831. The molecule has 1 saturated heterocycles. The van der Waals surface area contributed by atoms with Crippen LogP contribution in [0.25, 0.3) is 0 Å². The monoisotopic (exact) mass is 248 g/mol. The molecule has 0 aromatic carbocycles. The molecular formula is C16H28N2. The molecule has 18 heavy (non-hydrogen) atoms. The van der Waals surface area contributed by atoms with E-state index in [9.17, 15) is 0 Å². The molecule has 0 radical (unpaired) electrons. The van der Waals surface area contributed by atoms with E-state index in [1.165, 1.54) is 25.9 Å². The van der Waals surface area contributed by atoms with Gasteiger partial charge in [0.2, 0.25) is 0 Å². The Kier molecular flexibility index (Phi) is 2.92. The maximum absolute atomic E-state index is 5.73. The molecule has 4 bridgehead atoms. The Labute approximate surface area is 111 Å². The molecule has 5 aliphatic rings. The first-order valence-corrected chi connectivity index (χ1v) is 8.27. The standard InChI is InChI=1S/C16H28N2/c17-3-1-11-2-4-18(10-11)16-14-6-12-5-13(8-14)9-15(16)7-12/h11-16H,1-10,17H2. The van der Waals surface area contributed by atoms with Crippen LogP contribution in [0.1, 0.15) is 44.9 Å². The average molecular weight is 248 g/mol. The first-order valence-electron chi connectivity index (χ1n) is 8.27. The summed E-state index contributed by atoms with van der Waals surface area (Å²) in [4.78, 5) is 2.88. The summed E-state index contributed by atoms with van der Waals surface area (Å²) >= 11 is 0. The summed E-state index contributed by atoms with van der Waals surface area (Å²) in [7, 11) is 0. The van der Waals surface area contributed by atoms with E-state index in [2.05, 4.69) is 4.90 Å². The lowest BCUT2D eigenvalue weighted by Gasteiger charge is -2.56. The van der Waals surface area contributed by atoms with Gasteiger partial charge in [-0.1, -0.05) is 0 Å². The van der Waals surface area contributed by atoms with Gasteiger partial charge in [0.25, 0.3) is 0 Å².